The largest absolute Gasteiger partial charge is 0.309 e. The van der Waals surface area contributed by atoms with Gasteiger partial charge in [0.1, 0.15) is 0 Å². The summed E-state index contributed by atoms with van der Waals surface area (Å²) in [4.78, 5) is 0. The molecule has 0 radical (unpaired) electrons. The van der Waals surface area contributed by atoms with Crippen LogP contribution in [-0.4, -0.2) is 16.2 Å². The summed E-state index contributed by atoms with van der Waals surface area (Å²) in [6.45, 7) is 0.980. The van der Waals surface area contributed by atoms with Crippen molar-refractivity contribution in [3.8, 4) is 0 Å². The average molecular weight is 191 g/mol. The number of fused-ring (bicyclic) bond motifs is 1. The van der Waals surface area contributed by atoms with Gasteiger partial charge in [-0.3, -0.25) is 5.10 Å². The van der Waals surface area contributed by atoms with Crippen LogP contribution in [0, 0.1) is 11.8 Å². The summed E-state index contributed by atoms with van der Waals surface area (Å²) < 4.78 is 0. The fourth-order valence-corrected chi connectivity index (χ4v) is 2.91. The number of H-pyrrole nitrogens is 1. The minimum absolute atomic E-state index is 0.812. The molecule has 1 aromatic heterocycles. The fourth-order valence-electron chi connectivity index (χ4n) is 2.91. The first-order chi connectivity index (χ1) is 6.95. The molecular formula is C11H17N3. The molecule has 2 aliphatic carbocycles. The van der Waals surface area contributed by atoms with Crippen molar-refractivity contribution in [2.45, 2.75) is 38.3 Å². The highest BCUT2D eigenvalue weighted by atomic mass is 15.1. The molecule has 0 bridgehead atoms. The van der Waals surface area contributed by atoms with Crippen molar-refractivity contribution in [3.63, 3.8) is 0 Å². The van der Waals surface area contributed by atoms with Gasteiger partial charge in [0.15, 0.2) is 0 Å². The number of aromatic nitrogens is 2. The third kappa shape index (κ3) is 1.46. The third-order valence-electron chi connectivity index (χ3n) is 3.75. The number of hydrogen-bond acceptors (Lipinski definition) is 2. The van der Waals surface area contributed by atoms with Crippen molar-refractivity contribution in [1.82, 2.24) is 15.5 Å². The summed E-state index contributed by atoms with van der Waals surface area (Å²) >= 11 is 0. The molecular weight excluding hydrogens is 174 g/mol. The summed E-state index contributed by atoms with van der Waals surface area (Å²) in [5.41, 5.74) is 1.27. The van der Waals surface area contributed by atoms with Crippen LogP contribution < -0.4 is 5.32 Å². The first-order valence-electron chi connectivity index (χ1n) is 5.66. The number of nitrogens with one attached hydrogen (secondary N) is 2. The van der Waals surface area contributed by atoms with Crippen LogP contribution in [0.2, 0.25) is 0 Å². The quantitative estimate of drug-likeness (QED) is 0.763. The molecule has 2 aliphatic rings. The van der Waals surface area contributed by atoms with Gasteiger partial charge in [-0.15, -0.1) is 0 Å². The van der Waals surface area contributed by atoms with E-state index in [0.717, 1.165) is 24.4 Å². The Morgan fingerprint density at radius 2 is 2.14 bits per heavy atom. The van der Waals surface area contributed by atoms with Gasteiger partial charge < -0.3 is 5.32 Å². The SMILES string of the molecule is c1n[nH]cc1CNC1C2CCCCC21. The zero-order valence-corrected chi connectivity index (χ0v) is 8.37. The van der Waals surface area contributed by atoms with Crippen LogP contribution in [0.25, 0.3) is 0 Å². The molecule has 0 aliphatic heterocycles. The minimum atomic E-state index is 0.812. The van der Waals surface area contributed by atoms with Gasteiger partial charge in [-0.1, -0.05) is 12.8 Å². The van der Waals surface area contributed by atoms with Crippen LogP contribution in [0.4, 0.5) is 0 Å². The van der Waals surface area contributed by atoms with E-state index in [1.807, 2.05) is 12.4 Å². The smallest absolute Gasteiger partial charge is 0.0532 e. The third-order valence-corrected chi connectivity index (χ3v) is 3.75. The minimum Gasteiger partial charge on any atom is -0.309 e. The van der Waals surface area contributed by atoms with E-state index in [9.17, 15) is 0 Å². The highest BCUT2D eigenvalue weighted by Gasteiger charge is 2.49. The Labute approximate surface area is 84.3 Å². The Morgan fingerprint density at radius 1 is 1.36 bits per heavy atom. The number of rotatable bonds is 3. The van der Waals surface area contributed by atoms with Crippen molar-refractivity contribution in [1.29, 1.82) is 0 Å². The maximum Gasteiger partial charge on any atom is 0.0532 e. The lowest BCUT2D eigenvalue weighted by Crippen LogP contribution is -2.18. The summed E-state index contributed by atoms with van der Waals surface area (Å²) in [5, 5.41) is 10.4. The highest BCUT2D eigenvalue weighted by Crippen LogP contribution is 2.49. The summed E-state index contributed by atoms with van der Waals surface area (Å²) in [7, 11) is 0. The molecule has 2 atom stereocenters. The lowest BCUT2D eigenvalue weighted by atomic mass is 10.0. The average Bonchev–Trinajstić information content (AvgIpc) is 2.69. The van der Waals surface area contributed by atoms with E-state index in [0.29, 0.717) is 0 Å². The fraction of sp³-hybridized carbons (Fsp3) is 0.727. The molecule has 2 N–H and O–H groups in total. The maximum atomic E-state index is 3.95. The van der Waals surface area contributed by atoms with Crippen molar-refractivity contribution < 1.29 is 0 Å². The molecule has 76 valence electrons. The van der Waals surface area contributed by atoms with Crippen molar-refractivity contribution in [3.05, 3.63) is 18.0 Å². The van der Waals surface area contributed by atoms with E-state index in [1.165, 1.54) is 31.2 Å². The topological polar surface area (TPSA) is 40.7 Å². The van der Waals surface area contributed by atoms with Crippen molar-refractivity contribution >= 4 is 0 Å². The van der Waals surface area contributed by atoms with Crippen LogP contribution in [0.1, 0.15) is 31.2 Å². The molecule has 0 saturated heterocycles. The van der Waals surface area contributed by atoms with Gasteiger partial charge in [-0.05, 0) is 24.7 Å². The van der Waals surface area contributed by atoms with E-state index in [4.69, 9.17) is 0 Å². The van der Waals surface area contributed by atoms with Crippen LogP contribution in [-0.2, 0) is 6.54 Å². The van der Waals surface area contributed by atoms with Gasteiger partial charge in [0.05, 0.1) is 6.20 Å². The second kappa shape index (κ2) is 3.39. The molecule has 3 rings (SSSR count). The molecule has 1 heterocycles. The van der Waals surface area contributed by atoms with Crippen molar-refractivity contribution in [2.24, 2.45) is 11.8 Å². The summed E-state index contributed by atoms with van der Waals surface area (Å²) in [6, 6.07) is 0.812. The van der Waals surface area contributed by atoms with Gasteiger partial charge in [0.2, 0.25) is 0 Å². The number of nitrogens with zero attached hydrogens (tertiary/aromatic N) is 1. The van der Waals surface area contributed by atoms with Gasteiger partial charge in [0, 0.05) is 24.3 Å². The Kier molecular flexibility index (Phi) is 2.05. The molecule has 0 spiro atoms. The summed E-state index contributed by atoms with van der Waals surface area (Å²) in [6.07, 6.45) is 9.68. The predicted molar refractivity (Wildman–Crippen MR) is 54.7 cm³/mol. The Morgan fingerprint density at radius 3 is 2.79 bits per heavy atom. The Balaban J connectivity index is 1.50. The second-order valence-corrected chi connectivity index (χ2v) is 4.63. The lowest BCUT2D eigenvalue weighted by molar-refractivity contribution is 0.480. The molecule has 2 unspecified atom stereocenters. The molecule has 3 heteroatoms. The Hall–Kier alpha value is -0.830. The van der Waals surface area contributed by atoms with Gasteiger partial charge in [-0.2, -0.15) is 5.10 Å². The zero-order valence-electron chi connectivity index (χ0n) is 8.37. The van der Waals surface area contributed by atoms with E-state index < -0.39 is 0 Å². The first-order valence-corrected chi connectivity index (χ1v) is 5.66. The van der Waals surface area contributed by atoms with Gasteiger partial charge in [0.25, 0.3) is 0 Å². The molecule has 1 aromatic rings. The molecule has 2 fully saturated rings. The summed E-state index contributed by atoms with van der Waals surface area (Å²) in [5.74, 6) is 1.99. The van der Waals surface area contributed by atoms with Crippen LogP contribution in [0.15, 0.2) is 12.4 Å². The van der Waals surface area contributed by atoms with Crippen LogP contribution in [0.5, 0.6) is 0 Å². The van der Waals surface area contributed by atoms with Gasteiger partial charge in [-0.25, -0.2) is 0 Å². The second-order valence-electron chi connectivity index (χ2n) is 4.63. The standard InChI is InChI=1S/C11H17N3/c1-2-4-10-9(3-1)11(10)12-5-8-6-13-14-7-8/h6-7,9-12H,1-5H2,(H,13,14). The maximum absolute atomic E-state index is 3.95. The van der Waals surface area contributed by atoms with E-state index >= 15 is 0 Å². The Bertz CT molecular complexity index is 281. The normalized spacial score (nSPS) is 35.3. The van der Waals surface area contributed by atoms with E-state index in [-0.39, 0.29) is 0 Å². The molecule has 3 nitrogen and oxygen atoms in total. The molecule has 2 saturated carbocycles. The van der Waals surface area contributed by atoms with Gasteiger partial charge >= 0.3 is 0 Å². The highest BCUT2D eigenvalue weighted by molar-refractivity contribution is 5.08. The first kappa shape index (κ1) is 8.48. The molecule has 14 heavy (non-hydrogen) atoms. The van der Waals surface area contributed by atoms with Crippen LogP contribution >= 0.6 is 0 Å². The van der Waals surface area contributed by atoms with Crippen LogP contribution in [0.3, 0.4) is 0 Å². The van der Waals surface area contributed by atoms with E-state index in [1.54, 1.807) is 0 Å². The zero-order chi connectivity index (χ0) is 9.38. The van der Waals surface area contributed by atoms with E-state index in [2.05, 4.69) is 15.5 Å². The monoisotopic (exact) mass is 191 g/mol. The number of aromatic amines is 1. The molecule has 0 amide bonds. The predicted octanol–water partition coefficient (Wildman–Crippen LogP) is 1.69. The number of hydrogen-bond donors (Lipinski definition) is 2. The van der Waals surface area contributed by atoms with Crippen molar-refractivity contribution in [2.75, 3.05) is 0 Å². The molecule has 0 aromatic carbocycles. The lowest BCUT2D eigenvalue weighted by Gasteiger charge is -2.04.